The monoisotopic (exact) mass is 342 g/mol. The summed E-state index contributed by atoms with van der Waals surface area (Å²) in [5.74, 6) is 3.62. The van der Waals surface area contributed by atoms with Crippen molar-refractivity contribution in [3.8, 4) is 0 Å². The molecule has 0 radical (unpaired) electrons. The lowest BCUT2D eigenvalue weighted by Crippen LogP contribution is -2.44. The minimum absolute atomic E-state index is 0.541. The Labute approximate surface area is 148 Å². The van der Waals surface area contributed by atoms with Crippen molar-refractivity contribution in [2.24, 2.45) is 0 Å². The van der Waals surface area contributed by atoms with Crippen LogP contribution in [0.1, 0.15) is 31.2 Å². The molecule has 2 aromatic rings. The molecule has 2 aliphatic rings. The van der Waals surface area contributed by atoms with Gasteiger partial charge in [-0.2, -0.15) is 11.8 Å². The van der Waals surface area contributed by atoms with E-state index >= 15 is 0 Å². The Morgan fingerprint density at radius 1 is 1.08 bits per heavy atom. The molecule has 1 aliphatic heterocycles. The molecule has 1 saturated carbocycles. The van der Waals surface area contributed by atoms with E-state index in [1.165, 1.54) is 55.8 Å². The highest BCUT2D eigenvalue weighted by Gasteiger charge is 2.27. The summed E-state index contributed by atoms with van der Waals surface area (Å²) in [5, 5.41) is 4.85. The quantitative estimate of drug-likeness (QED) is 0.921. The first-order valence-electron chi connectivity index (χ1n) is 9.09. The van der Waals surface area contributed by atoms with E-state index in [0.29, 0.717) is 6.04 Å². The molecule has 0 spiro atoms. The van der Waals surface area contributed by atoms with Gasteiger partial charge in [0.2, 0.25) is 0 Å². The number of thioether (sulfide) groups is 1. The molecular formula is C19H26N4S. The van der Waals surface area contributed by atoms with Gasteiger partial charge < -0.3 is 5.32 Å². The van der Waals surface area contributed by atoms with Crippen molar-refractivity contribution >= 4 is 28.5 Å². The first-order valence-corrected chi connectivity index (χ1v) is 10.2. The van der Waals surface area contributed by atoms with Crippen LogP contribution in [0, 0.1) is 6.92 Å². The number of fused-ring (bicyclic) bond motifs is 1. The predicted octanol–water partition coefficient (Wildman–Crippen LogP) is 3.71. The van der Waals surface area contributed by atoms with E-state index in [0.717, 1.165) is 22.8 Å². The van der Waals surface area contributed by atoms with Gasteiger partial charge in [-0.1, -0.05) is 11.6 Å². The summed E-state index contributed by atoms with van der Waals surface area (Å²) in [6.07, 6.45) is 6.78. The Kier molecular flexibility index (Phi) is 4.90. The van der Waals surface area contributed by atoms with Crippen LogP contribution < -0.4 is 5.32 Å². The first kappa shape index (κ1) is 16.2. The van der Waals surface area contributed by atoms with Crippen molar-refractivity contribution in [3.05, 3.63) is 30.1 Å². The third kappa shape index (κ3) is 3.52. The van der Waals surface area contributed by atoms with Gasteiger partial charge in [0.25, 0.3) is 0 Å². The maximum absolute atomic E-state index is 4.52. The number of aromatic nitrogens is 2. The molecule has 0 bridgehead atoms. The van der Waals surface area contributed by atoms with Crippen molar-refractivity contribution < 1.29 is 0 Å². The number of aryl methyl sites for hydroxylation is 1. The van der Waals surface area contributed by atoms with Gasteiger partial charge in [-0.05, 0) is 44.7 Å². The molecule has 4 rings (SSSR count). The van der Waals surface area contributed by atoms with E-state index in [1.54, 1.807) is 6.33 Å². The van der Waals surface area contributed by atoms with Crippen molar-refractivity contribution in [2.45, 2.75) is 44.7 Å². The highest BCUT2D eigenvalue weighted by Crippen LogP contribution is 2.28. The fourth-order valence-electron chi connectivity index (χ4n) is 4.01. The van der Waals surface area contributed by atoms with E-state index < -0.39 is 0 Å². The van der Waals surface area contributed by atoms with Crippen LogP contribution in [0.2, 0.25) is 0 Å². The van der Waals surface area contributed by atoms with E-state index in [-0.39, 0.29) is 0 Å². The number of benzene rings is 1. The minimum Gasteiger partial charge on any atom is -0.367 e. The second-order valence-electron chi connectivity index (χ2n) is 7.04. The second kappa shape index (κ2) is 7.28. The van der Waals surface area contributed by atoms with Gasteiger partial charge in [-0.25, -0.2) is 9.97 Å². The third-order valence-electron chi connectivity index (χ3n) is 5.39. The smallest absolute Gasteiger partial charge is 0.137 e. The molecule has 4 nitrogen and oxygen atoms in total. The van der Waals surface area contributed by atoms with Crippen molar-refractivity contribution in [3.63, 3.8) is 0 Å². The van der Waals surface area contributed by atoms with Crippen LogP contribution in [0.5, 0.6) is 0 Å². The summed E-state index contributed by atoms with van der Waals surface area (Å²) in [6, 6.07) is 7.73. The fourth-order valence-corrected chi connectivity index (χ4v) is 4.94. The van der Waals surface area contributed by atoms with E-state index in [9.17, 15) is 0 Å². The molecule has 128 valence electrons. The molecule has 24 heavy (non-hydrogen) atoms. The molecule has 1 N–H and O–H groups in total. The predicted molar refractivity (Wildman–Crippen MR) is 103 cm³/mol. The van der Waals surface area contributed by atoms with Crippen LogP contribution in [0.15, 0.2) is 24.5 Å². The number of nitrogens with zero attached hydrogens (tertiary/aromatic N) is 3. The first-order chi connectivity index (χ1) is 11.8. The molecule has 0 unspecified atom stereocenters. The normalized spacial score (nSPS) is 25.7. The Bertz CT molecular complexity index is 691. The van der Waals surface area contributed by atoms with Gasteiger partial charge in [0, 0.05) is 42.1 Å². The summed E-state index contributed by atoms with van der Waals surface area (Å²) in [7, 11) is 0. The summed E-state index contributed by atoms with van der Waals surface area (Å²) in [5.41, 5.74) is 2.28. The minimum atomic E-state index is 0.541. The van der Waals surface area contributed by atoms with Crippen LogP contribution in [0.3, 0.4) is 0 Å². The largest absolute Gasteiger partial charge is 0.367 e. The molecule has 1 aromatic carbocycles. The van der Waals surface area contributed by atoms with Gasteiger partial charge in [0.1, 0.15) is 12.1 Å². The molecule has 1 saturated heterocycles. The maximum atomic E-state index is 4.52. The Morgan fingerprint density at radius 2 is 1.88 bits per heavy atom. The SMILES string of the molecule is Cc1ccc2ncnc(N[C@H]3CC[C@H](N4CCSCC4)CC3)c2c1. The Balaban J connectivity index is 1.41. The summed E-state index contributed by atoms with van der Waals surface area (Å²) in [4.78, 5) is 11.6. The second-order valence-corrected chi connectivity index (χ2v) is 8.27. The highest BCUT2D eigenvalue weighted by atomic mass is 32.2. The Hall–Kier alpha value is -1.33. The van der Waals surface area contributed by atoms with Gasteiger partial charge in [0.15, 0.2) is 0 Å². The molecule has 0 atom stereocenters. The van der Waals surface area contributed by atoms with E-state index in [4.69, 9.17) is 0 Å². The molecule has 5 heteroatoms. The van der Waals surface area contributed by atoms with Crippen LogP contribution >= 0.6 is 11.8 Å². The van der Waals surface area contributed by atoms with Crippen molar-refractivity contribution in [2.75, 3.05) is 29.9 Å². The third-order valence-corrected chi connectivity index (χ3v) is 6.33. The molecule has 2 heterocycles. The van der Waals surface area contributed by atoms with Crippen LogP contribution in [-0.2, 0) is 0 Å². The highest BCUT2D eigenvalue weighted by molar-refractivity contribution is 7.99. The average molecular weight is 343 g/mol. The number of hydrogen-bond acceptors (Lipinski definition) is 5. The number of anilines is 1. The fraction of sp³-hybridized carbons (Fsp3) is 0.579. The summed E-state index contributed by atoms with van der Waals surface area (Å²) in [6.45, 7) is 4.69. The molecule has 2 fully saturated rings. The van der Waals surface area contributed by atoms with Gasteiger partial charge in [-0.15, -0.1) is 0 Å². The number of rotatable bonds is 3. The zero-order valence-corrected chi connectivity index (χ0v) is 15.2. The molecule has 0 amide bonds. The van der Waals surface area contributed by atoms with Gasteiger partial charge in [-0.3, -0.25) is 4.90 Å². The topological polar surface area (TPSA) is 41.1 Å². The number of nitrogens with one attached hydrogen (secondary N) is 1. The summed E-state index contributed by atoms with van der Waals surface area (Å²) >= 11 is 2.10. The van der Waals surface area contributed by atoms with Gasteiger partial charge in [0.05, 0.1) is 5.52 Å². The Morgan fingerprint density at radius 3 is 2.67 bits per heavy atom. The zero-order chi connectivity index (χ0) is 16.4. The van der Waals surface area contributed by atoms with E-state index in [2.05, 4.69) is 57.1 Å². The van der Waals surface area contributed by atoms with Crippen molar-refractivity contribution in [1.82, 2.24) is 14.9 Å². The summed E-state index contributed by atoms with van der Waals surface area (Å²) < 4.78 is 0. The lowest BCUT2D eigenvalue weighted by molar-refractivity contribution is 0.167. The lowest BCUT2D eigenvalue weighted by atomic mass is 9.90. The molecular weight excluding hydrogens is 316 g/mol. The van der Waals surface area contributed by atoms with Crippen molar-refractivity contribution in [1.29, 1.82) is 0 Å². The zero-order valence-electron chi connectivity index (χ0n) is 14.4. The molecule has 1 aliphatic carbocycles. The van der Waals surface area contributed by atoms with Crippen LogP contribution in [0.25, 0.3) is 10.9 Å². The van der Waals surface area contributed by atoms with Crippen LogP contribution in [-0.4, -0.2) is 51.5 Å². The molecule has 1 aromatic heterocycles. The standard InChI is InChI=1S/C19H26N4S/c1-14-2-7-18-17(12-14)19(21-13-20-18)22-15-3-5-16(6-4-15)23-8-10-24-11-9-23/h2,7,12-13,15-16H,3-6,8-11H2,1H3,(H,20,21,22)/t15-,16-. The average Bonchev–Trinajstić information content (AvgIpc) is 2.64. The van der Waals surface area contributed by atoms with Crippen LogP contribution in [0.4, 0.5) is 5.82 Å². The lowest BCUT2D eigenvalue weighted by Gasteiger charge is -2.39. The number of hydrogen-bond donors (Lipinski definition) is 1. The maximum Gasteiger partial charge on any atom is 0.137 e. The van der Waals surface area contributed by atoms with E-state index in [1.807, 2.05) is 0 Å². The van der Waals surface area contributed by atoms with Gasteiger partial charge >= 0.3 is 0 Å².